The van der Waals surface area contributed by atoms with Crippen molar-refractivity contribution in [1.29, 1.82) is 0 Å². The largest absolute Gasteiger partial charge is 0.455 e. The van der Waals surface area contributed by atoms with Crippen molar-refractivity contribution in [1.82, 2.24) is 14.7 Å². The fourth-order valence-electron chi connectivity index (χ4n) is 6.96. The monoisotopic (exact) mass is 593 g/mol. The minimum absolute atomic E-state index is 0.0922. The van der Waals surface area contributed by atoms with Gasteiger partial charge < -0.3 is 29.3 Å². The predicted octanol–water partition coefficient (Wildman–Crippen LogP) is 2.63. The molecule has 1 aromatic carbocycles. The Morgan fingerprint density at radius 3 is 2.53 bits per heavy atom. The standard InChI is InChI=1S/C33H43N3O7/c1-5-6-18-35-19-12-8-11-15-25(38)34(4)22(3)28(23-13-9-7-10-14-23)42-32(41)26-24-16-17-33(43-24)27(26)30(39)36(21(2)20-37)29(33)31(35)40/h7-10,12-14,16-17,21-22,24,26-29,37H,5-6,11,15,18-20H2,1-4H3/b12-8-/t21-,22-,24+,26-,27-,28+,29+,33-/m1/s1. The molecular weight excluding hydrogens is 550 g/mol. The van der Waals surface area contributed by atoms with Crippen LogP contribution in [0.2, 0.25) is 0 Å². The number of benzene rings is 1. The highest BCUT2D eigenvalue weighted by Gasteiger charge is 2.74. The number of unbranched alkanes of at least 4 members (excludes halogenated alkanes) is 1. The van der Waals surface area contributed by atoms with E-state index in [2.05, 4.69) is 0 Å². The number of cyclic esters (lactones) is 1. The molecule has 1 spiro atoms. The first-order chi connectivity index (χ1) is 20.7. The molecule has 3 amide bonds. The second-order valence-corrected chi connectivity index (χ2v) is 12.1. The van der Waals surface area contributed by atoms with E-state index in [-0.39, 0.29) is 24.8 Å². The third-order valence-electron chi connectivity index (χ3n) is 9.48. The molecule has 0 aliphatic carbocycles. The molecule has 232 valence electrons. The molecule has 0 saturated carbocycles. The molecule has 10 heteroatoms. The SMILES string of the molecule is CCCCN1C/C=C\CCC(=O)N(C)[C@H](C)[C@@H](c2ccccc2)OC(=O)[C@@H]2[C@@H]3C=C[C@]4(O3)[C@H](C1=O)N([C@H](C)CO)C(=O)[C@@H]24. The summed E-state index contributed by atoms with van der Waals surface area (Å²) in [6.07, 6.45) is 8.17. The third-order valence-corrected chi connectivity index (χ3v) is 9.48. The zero-order valence-electron chi connectivity index (χ0n) is 25.4. The molecule has 2 saturated heterocycles. The maximum atomic E-state index is 14.4. The zero-order valence-corrected chi connectivity index (χ0v) is 25.4. The number of allylic oxidation sites excluding steroid dienone is 1. The average molecular weight is 594 g/mol. The highest BCUT2D eigenvalue weighted by Crippen LogP contribution is 2.56. The number of carbonyl (C=O) groups is 4. The van der Waals surface area contributed by atoms with Gasteiger partial charge in [0.2, 0.25) is 17.7 Å². The fourth-order valence-corrected chi connectivity index (χ4v) is 6.96. The molecule has 43 heavy (non-hydrogen) atoms. The van der Waals surface area contributed by atoms with Gasteiger partial charge in [0.25, 0.3) is 0 Å². The smallest absolute Gasteiger partial charge is 0.313 e. The molecule has 4 aliphatic rings. The van der Waals surface area contributed by atoms with Crippen molar-refractivity contribution in [2.24, 2.45) is 11.8 Å². The summed E-state index contributed by atoms with van der Waals surface area (Å²) in [5.41, 5.74) is -0.627. The molecule has 0 radical (unpaired) electrons. The lowest BCUT2D eigenvalue weighted by molar-refractivity contribution is -0.164. The number of nitrogens with zero attached hydrogens (tertiary/aromatic N) is 3. The van der Waals surface area contributed by atoms with E-state index in [0.29, 0.717) is 19.5 Å². The van der Waals surface area contributed by atoms with Crippen molar-refractivity contribution in [2.75, 3.05) is 26.7 Å². The van der Waals surface area contributed by atoms with Crippen LogP contribution < -0.4 is 0 Å². The lowest BCUT2D eigenvalue weighted by Gasteiger charge is -2.37. The molecule has 5 bridgehead atoms. The normalized spacial score (nSPS) is 34.5. The van der Waals surface area contributed by atoms with Crippen LogP contribution in [-0.4, -0.2) is 100 Å². The van der Waals surface area contributed by atoms with E-state index < -0.39 is 59.6 Å². The van der Waals surface area contributed by atoms with E-state index >= 15 is 0 Å². The summed E-state index contributed by atoms with van der Waals surface area (Å²) in [4.78, 5) is 60.6. The summed E-state index contributed by atoms with van der Waals surface area (Å²) in [7, 11) is 1.71. The fraction of sp³-hybridized carbons (Fsp3) is 0.576. The Morgan fingerprint density at radius 2 is 1.84 bits per heavy atom. The zero-order chi connectivity index (χ0) is 30.9. The van der Waals surface area contributed by atoms with Crippen LogP contribution >= 0.6 is 0 Å². The number of carbonyl (C=O) groups excluding carboxylic acids is 4. The van der Waals surface area contributed by atoms with Gasteiger partial charge in [-0.2, -0.15) is 0 Å². The molecule has 4 heterocycles. The number of likely N-dealkylation sites (tertiary alicyclic amines) is 1. The quantitative estimate of drug-likeness (QED) is 0.398. The molecule has 0 aromatic heterocycles. The Labute approximate surface area is 253 Å². The van der Waals surface area contributed by atoms with Crippen molar-refractivity contribution in [3.05, 3.63) is 60.2 Å². The second-order valence-electron chi connectivity index (χ2n) is 12.1. The summed E-state index contributed by atoms with van der Waals surface area (Å²) < 4.78 is 12.7. The Balaban J connectivity index is 1.59. The van der Waals surface area contributed by atoms with Crippen molar-refractivity contribution in [3.8, 4) is 0 Å². The van der Waals surface area contributed by atoms with Crippen LogP contribution in [0.1, 0.15) is 58.1 Å². The lowest BCUT2D eigenvalue weighted by Crippen LogP contribution is -2.58. The number of amides is 3. The number of fused-ring (bicyclic) bond motifs is 2. The van der Waals surface area contributed by atoms with Gasteiger partial charge in [-0.3, -0.25) is 19.2 Å². The Morgan fingerprint density at radius 1 is 1.09 bits per heavy atom. The van der Waals surface area contributed by atoms with E-state index in [0.717, 1.165) is 18.4 Å². The number of ether oxygens (including phenoxy) is 2. The molecule has 8 atom stereocenters. The summed E-state index contributed by atoms with van der Waals surface area (Å²) in [6, 6.07) is 7.05. The van der Waals surface area contributed by atoms with Crippen LogP contribution in [0.25, 0.3) is 0 Å². The van der Waals surface area contributed by atoms with Crippen LogP contribution in [0.3, 0.4) is 0 Å². The molecule has 10 nitrogen and oxygen atoms in total. The van der Waals surface area contributed by atoms with E-state index in [4.69, 9.17) is 9.47 Å². The van der Waals surface area contributed by atoms with Crippen molar-refractivity contribution >= 4 is 23.7 Å². The first kappa shape index (κ1) is 30.9. The Hall–Kier alpha value is -3.50. The number of rotatable bonds is 6. The minimum atomic E-state index is -1.35. The number of aliphatic hydroxyl groups is 1. The molecule has 2 fully saturated rings. The second kappa shape index (κ2) is 12.6. The molecule has 5 rings (SSSR count). The number of likely N-dealkylation sites (N-methyl/N-ethyl adjacent to an activating group) is 1. The first-order valence-electron chi connectivity index (χ1n) is 15.4. The summed E-state index contributed by atoms with van der Waals surface area (Å²) in [5.74, 6) is -3.37. The van der Waals surface area contributed by atoms with Gasteiger partial charge in [0.1, 0.15) is 23.7 Å². The van der Waals surface area contributed by atoms with Gasteiger partial charge in [0, 0.05) is 26.6 Å². The van der Waals surface area contributed by atoms with Gasteiger partial charge in [-0.1, -0.05) is 68.0 Å². The van der Waals surface area contributed by atoms with Gasteiger partial charge in [-0.25, -0.2) is 0 Å². The van der Waals surface area contributed by atoms with E-state index in [1.165, 1.54) is 4.90 Å². The van der Waals surface area contributed by atoms with Gasteiger partial charge in [0.05, 0.1) is 30.7 Å². The van der Waals surface area contributed by atoms with E-state index in [1.807, 2.05) is 56.3 Å². The summed E-state index contributed by atoms with van der Waals surface area (Å²) >= 11 is 0. The van der Waals surface area contributed by atoms with Crippen LogP contribution in [0.5, 0.6) is 0 Å². The average Bonchev–Trinajstić information content (AvgIpc) is 3.66. The first-order valence-corrected chi connectivity index (χ1v) is 15.4. The maximum absolute atomic E-state index is 14.4. The maximum Gasteiger partial charge on any atom is 0.313 e. The predicted molar refractivity (Wildman–Crippen MR) is 158 cm³/mol. The molecule has 1 N–H and O–H groups in total. The lowest BCUT2D eigenvalue weighted by atomic mass is 9.74. The van der Waals surface area contributed by atoms with Crippen LogP contribution in [0.4, 0.5) is 0 Å². The minimum Gasteiger partial charge on any atom is -0.455 e. The number of hydrogen-bond donors (Lipinski definition) is 1. The molecular formula is C33H43N3O7. The van der Waals surface area contributed by atoms with Crippen molar-refractivity contribution in [3.63, 3.8) is 0 Å². The van der Waals surface area contributed by atoms with Gasteiger partial charge >= 0.3 is 5.97 Å². The Kier molecular flexibility index (Phi) is 9.08. The van der Waals surface area contributed by atoms with Crippen LogP contribution in [0, 0.1) is 11.8 Å². The molecule has 1 aromatic rings. The summed E-state index contributed by atoms with van der Waals surface area (Å²) in [5, 5.41) is 10.1. The summed E-state index contributed by atoms with van der Waals surface area (Å²) in [6.45, 7) is 6.02. The van der Waals surface area contributed by atoms with Gasteiger partial charge in [-0.05, 0) is 32.3 Å². The van der Waals surface area contributed by atoms with E-state index in [1.54, 1.807) is 35.9 Å². The third kappa shape index (κ3) is 5.40. The van der Waals surface area contributed by atoms with Crippen LogP contribution in [0.15, 0.2) is 54.6 Å². The number of aliphatic hydroxyl groups excluding tert-OH is 1. The van der Waals surface area contributed by atoms with Crippen molar-refractivity contribution in [2.45, 2.75) is 82.4 Å². The van der Waals surface area contributed by atoms with Crippen molar-refractivity contribution < 1.29 is 33.8 Å². The van der Waals surface area contributed by atoms with Gasteiger partial charge in [-0.15, -0.1) is 0 Å². The molecule has 4 aliphatic heterocycles. The van der Waals surface area contributed by atoms with E-state index in [9.17, 15) is 24.3 Å². The highest BCUT2D eigenvalue weighted by atomic mass is 16.6. The van der Waals surface area contributed by atoms with Gasteiger partial charge in [0.15, 0.2) is 0 Å². The number of hydrogen-bond acceptors (Lipinski definition) is 7. The van der Waals surface area contributed by atoms with Crippen LogP contribution in [-0.2, 0) is 28.7 Å². The number of esters is 1. The molecule has 0 unspecified atom stereocenters. The Bertz CT molecular complexity index is 1280. The highest BCUT2D eigenvalue weighted by molar-refractivity contribution is 5.99. The topological polar surface area (TPSA) is 117 Å².